The minimum atomic E-state index is -0.977. The molecule has 0 aliphatic heterocycles. The maximum absolute atomic E-state index is 5.28. The van der Waals surface area contributed by atoms with Gasteiger partial charge in [-0.25, -0.2) is 0 Å². The molecule has 0 fully saturated rings. The highest BCUT2D eigenvalue weighted by atomic mass is 16.9. The molecule has 0 saturated carbocycles. The predicted octanol–water partition coefficient (Wildman–Crippen LogP) is 2.28. The predicted molar refractivity (Wildman–Crippen MR) is 47.6 cm³/mol. The van der Waals surface area contributed by atoms with Crippen molar-refractivity contribution >= 4 is 0 Å². The SMILES string of the molecule is C=C(C)OC(C)(OCC)OCC. The maximum atomic E-state index is 5.28. The Balaban J connectivity index is 4.07. The molecule has 3 heteroatoms. The number of ether oxygens (including phenoxy) is 3. The van der Waals surface area contributed by atoms with Gasteiger partial charge in [0.15, 0.2) is 0 Å². The van der Waals surface area contributed by atoms with Crippen molar-refractivity contribution in [2.75, 3.05) is 13.2 Å². The van der Waals surface area contributed by atoms with Gasteiger partial charge in [0.1, 0.15) is 0 Å². The van der Waals surface area contributed by atoms with Gasteiger partial charge in [0.25, 0.3) is 0 Å². The summed E-state index contributed by atoms with van der Waals surface area (Å²) in [5, 5.41) is 0. The summed E-state index contributed by atoms with van der Waals surface area (Å²) in [7, 11) is 0. The van der Waals surface area contributed by atoms with E-state index in [2.05, 4.69) is 6.58 Å². The molecule has 3 nitrogen and oxygen atoms in total. The summed E-state index contributed by atoms with van der Waals surface area (Å²) in [6.45, 7) is 12.0. The highest BCUT2D eigenvalue weighted by molar-refractivity contribution is 4.75. The molecule has 72 valence electrons. The molecule has 0 N–H and O–H groups in total. The molecule has 0 aliphatic rings. The second kappa shape index (κ2) is 5.17. The Morgan fingerprint density at radius 2 is 1.67 bits per heavy atom. The van der Waals surface area contributed by atoms with E-state index in [-0.39, 0.29) is 0 Å². The van der Waals surface area contributed by atoms with Crippen LogP contribution < -0.4 is 0 Å². The Bertz CT molecular complexity index is 137. The first-order valence-electron chi connectivity index (χ1n) is 4.16. The number of hydrogen-bond acceptors (Lipinski definition) is 3. The van der Waals surface area contributed by atoms with Gasteiger partial charge in [-0.15, -0.1) is 0 Å². The fourth-order valence-corrected chi connectivity index (χ4v) is 0.941. The lowest BCUT2D eigenvalue weighted by Crippen LogP contribution is -2.35. The van der Waals surface area contributed by atoms with Gasteiger partial charge >= 0.3 is 5.97 Å². The van der Waals surface area contributed by atoms with Crippen LogP contribution in [0.15, 0.2) is 12.3 Å². The van der Waals surface area contributed by atoms with Gasteiger partial charge in [0, 0.05) is 6.92 Å². The number of hydrogen-bond donors (Lipinski definition) is 0. The van der Waals surface area contributed by atoms with Crippen molar-refractivity contribution < 1.29 is 14.2 Å². The minimum Gasteiger partial charge on any atom is -0.445 e. The van der Waals surface area contributed by atoms with E-state index in [4.69, 9.17) is 14.2 Å². The molecule has 0 bridgehead atoms. The molecule has 0 spiro atoms. The lowest BCUT2D eigenvalue weighted by Gasteiger charge is -2.29. The molecular weight excluding hydrogens is 156 g/mol. The van der Waals surface area contributed by atoms with Crippen molar-refractivity contribution in [2.45, 2.75) is 33.7 Å². The smallest absolute Gasteiger partial charge is 0.323 e. The summed E-state index contributed by atoms with van der Waals surface area (Å²) < 4.78 is 15.8. The Morgan fingerprint density at radius 1 is 1.25 bits per heavy atom. The van der Waals surface area contributed by atoms with Crippen LogP contribution in [0.2, 0.25) is 0 Å². The molecule has 0 heterocycles. The molecule has 0 unspecified atom stereocenters. The second-order valence-corrected chi connectivity index (χ2v) is 2.53. The fraction of sp³-hybridized carbons (Fsp3) is 0.778. The summed E-state index contributed by atoms with van der Waals surface area (Å²) in [4.78, 5) is 0. The zero-order chi connectivity index (χ0) is 9.61. The monoisotopic (exact) mass is 174 g/mol. The Morgan fingerprint density at radius 3 is 1.92 bits per heavy atom. The van der Waals surface area contributed by atoms with Gasteiger partial charge in [0.2, 0.25) is 0 Å². The van der Waals surface area contributed by atoms with Crippen molar-refractivity contribution in [3.8, 4) is 0 Å². The highest BCUT2D eigenvalue weighted by Crippen LogP contribution is 2.17. The molecule has 0 atom stereocenters. The Kier molecular flexibility index (Phi) is 4.93. The highest BCUT2D eigenvalue weighted by Gasteiger charge is 2.26. The van der Waals surface area contributed by atoms with Gasteiger partial charge in [-0.3, -0.25) is 0 Å². The quantitative estimate of drug-likeness (QED) is 0.456. The van der Waals surface area contributed by atoms with Gasteiger partial charge in [-0.2, -0.15) is 0 Å². The average molecular weight is 174 g/mol. The van der Waals surface area contributed by atoms with Crippen LogP contribution in [0.4, 0.5) is 0 Å². The lowest BCUT2D eigenvalue weighted by molar-refractivity contribution is -0.352. The van der Waals surface area contributed by atoms with Crippen molar-refractivity contribution in [1.82, 2.24) is 0 Å². The van der Waals surface area contributed by atoms with E-state index in [9.17, 15) is 0 Å². The van der Waals surface area contributed by atoms with E-state index >= 15 is 0 Å². The van der Waals surface area contributed by atoms with Crippen molar-refractivity contribution in [3.63, 3.8) is 0 Å². The van der Waals surface area contributed by atoms with Crippen molar-refractivity contribution in [3.05, 3.63) is 12.3 Å². The maximum Gasteiger partial charge on any atom is 0.323 e. The summed E-state index contributed by atoms with van der Waals surface area (Å²) in [5.41, 5.74) is 0. The average Bonchev–Trinajstić information content (AvgIpc) is 1.85. The van der Waals surface area contributed by atoms with E-state index in [1.165, 1.54) is 0 Å². The molecule has 0 radical (unpaired) electrons. The van der Waals surface area contributed by atoms with Gasteiger partial charge in [-0.1, -0.05) is 6.58 Å². The van der Waals surface area contributed by atoms with Crippen LogP contribution in [-0.4, -0.2) is 19.2 Å². The molecule has 12 heavy (non-hydrogen) atoms. The van der Waals surface area contributed by atoms with Gasteiger partial charge in [0.05, 0.1) is 19.0 Å². The zero-order valence-corrected chi connectivity index (χ0v) is 8.35. The Hall–Kier alpha value is -0.540. The molecule has 0 saturated heterocycles. The summed E-state index contributed by atoms with van der Waals surface area (Å²) in [6.07, 6.45) is 0. The van der Waals surface area contributed by atoms with E-state index < -0.39 is 5.97 Å². The van der Waals surface area contributed by atoms with Crippen LogP contribution in [0.25, 0.3) is 0 Å². The van der Waals surface area contributed by atoms with Crippen molar-refractivity contribution in [1.29, 1.82) is 0 Å². The van der Waals surface area contributed by atoms with Crippen LogP contribution in [0.5, 0.6) is 0 Å². The molecule has 0 aromatic heterocycles. The fourth-order valence-electron chi connectivity index (χ4n) is 0.941. The summed E-state index contributed by atoms with van der Waals surface area (Å²) in [5.74, 6) is -0.394. The normalized spacial score (nSPS) is 11.3. The Labute approximate surface area is 74.3 Å². The first-order chi connectivity index (χ1) is 5.54. The van der Waals surface area contributed by atoms with E-state index in [0.29, 0.717) is 19.0 Å². The third kappa shape index (κ3) is 4.36. The molecule has 0 aromatic carbocycles. The molecule has 0 amide bonds. The van der Waals surface area contributed by atoms with E-state index in [0.717, 1.165) is 0 Å². The molecule has 0 rings (SSSR count). The van der Waals surface area contributed by atoms with Gasteiger partial charge in [-0.05, 0) is 20.8 Å². The van der Waals surface area contributed by atoms with E-state index in [1.54, 1.807) is 13.8 Å². The number of allylic oxidation sites excluding steroid dienone is 1. The minimum absolute atomic E-state index is 0.545. The van der Waals surface area contributed by atoms with Crippen LogP contribution in [-0.2, 0) is 14.2 Å². The standard InChI is InChI=1S/C9H18O3/c1-6-10-9(5,11-7-2)12-8(3)4/h3,6-7H2,1-2,4-5H3. The molecule has 0 aromatic rings. The van der Waals surface area contributed by atoms with Crippen LogP contribution in [0.3, 0.4) is 0 Å². The third-order valence-electron chi connectivity index (χ3n) is 1.17. The largest absolute Gasteiger partial charge is 0.445 e. The van der Waals surface area contributed by atoms with Gasteiger partial charge < -0.3 is 14.2 Å². The number of rotatable bonds is 6. The first-order valence-corrected chi connectivity index (χ1v) is 4.16. The van der Waals surface area contributed by atoms with Crippen molar-refractivity contribution in [2.24, 2.45) is 0 Å². The summed E-state index contributed by atoms with van der Waals surface area (Å²) >= 11 is 0. The van der Waals surface area contributed by atoms with Crippen LogP contribution in [0, 0.1) is 0 Å². The third-order valence-corrected chi connectivity index (χ3v) is 1.17. The van der Waals surface area contributed by atoms with Crippen LogP contribution in [0.1, 0.15) is 27.7 Å². The van der Waals surface area contributed by atoms with E-state index in [1.807, 2.05) is 13.8 Å². The zero-order valence-electron chi connectivity index (χ0n) is 8.35. The molecule has 0 aliphatic carbocycles. The topological polar surface area (TPSA) is 27.7 Å². The first kappa shape index (κ1) is 11.5. The second-order valence-electron chi connectivity index (χ2n) is 2.53. The lowest BCUT2D eigenvalue weighted by atomic mass is 10.5. The summed E-state index contributed by atoms with van der Waals surface area (Å²) in [6, 6.07) is 0. The van der Waals surface area contributed by atoms with Crippen LogP contribution >= 0.6 is 0 Å². The molecular formula is C9H18O3.